The summed E-state index contributed by atoms with van der Waals surface area (Å²) in [7, 11) is 5.72. The van der Waals surface area contributed by atoms with Crippen LogP contribution in [0, 0.1) is 11.8 Å². The van der Waals surface area contributed by atoms with E-state index in [2.05, 4.69) is 16.0 Å². The molecule has 0 aromatic carbocycles. The van der Waals surface area contributed by atoms with Crippen molar-refractivity contribution in [1.82, 2.24) is 16.0 Å². The number of carbonyl (C=O) groups is 2. The van der Waals surface area contributed by atoms with Gasteiger partial charge in [0.2, 0.25) is 0 Å². The van der Waals surface area contributed by atoms with E-state index in [1.165, 1.54) is 0 Å². The number of nitrogens with one attached hydrogen (secondary N) is 3. The molecule has 5 heteroatoms. The Morgan fingerprint density at radius 1 is 0.833 bits per heavy atom. The highest BCUT2D eigenvalue weighted by atomic mass is 16.1. The van der Waals surface area contributed by atoms with Crippen LogP contribution in [0.25, 0.3) is 0 Å². The molecule has 24 heavy (non-hydrogen) atoms. The van der Waals surface area contributed by atoms with Crippen molar-refractivity contribution in [1.29, 1.82) is 0 Å². The number of rotatable bonds is 16. The molecule has 5 nitrogen and oxygen atoms in total. The Labute approximate surface area is 148 Å². The summed E-state index contributed by atoms with van der Waals surface area (Å²) in [6.45, 7) is 5.80. The van der Waals surface area contributed by atoms with Crippen LogP contribution in [0.15, 0.2) is 0 Å². The van der Waals surface area contributed by atoms with E-state index in [1.54, 1.807) is 0 Å². The Bertz CT molecular complexity index is 346. The van der Waals surface area contributed by atoms with E-state index < -0.39 is 0 Å². The van der Waals surface area contributed by atoms with Gasteiger partial charge in [-0.15, -0.1) is 0 Å². The van der Waals surface area contributed by atoms with Gasteiger partial charge in [0.25, 0.3) is 0 Å². The Morgan fingerprint density at radius 3 is 1.83 bits per heavy atom. The van der Waals surface area contributed by atoms with Gasteiger partial charge in [-0.05, 0) is 59.9 Å². The number of hydrogen-bond acceptors (Lipinski definition) is 5. The summed E-state index contributed by atoms with van der Waals surface area (Å²) in [5.74, 6) is 0.297. The minimum absolute atomic E-state index is 0.00392. The smallest absolute Gasteiger partial charge is 0.150 e. The lowest BCUT2D eigenvalue weighted by molar-refractivity contribution is -0.131. The van der Waals surface area contributed by atoms with Crippen molar-refractivity contribution >= 4 is 11.6 Å². The molecular formula is C19H39N3O2. The fourth-order valence-corrected chi connectivity index (χ4v) is 3.01. The van der Waals surface area contributed by atoms with Crippen molar-refractivity contribution in [2.45, 2.75) is 64.8 Å². The van der Waals surface area contributed by atoms with Gasteiger partial charge in [-0.1, -0.05) is 26.7 Å². The highest BCUT2D eigenvalue weighted by molar-refractivity contribution is 5.91. The molecule has 0 saturated carbocycles. The van der Waals surface area contributed by atoms with Crippen molar-refractivity contribution < 1.29 is 9.59 Å². The summed E-state index contributed by atoms with van der Waals surface area (Å²) < 4.78 is 0. The normalized spacial score (nSPS) is 13.9. The number of hydrogen-bond donors (Lipinski definition) is 3. The van der Waals surface area contributed by atoms with Crippen LogP contribution in [0.3, 0.4) is 0 Å². The predicted octanol–water partition coefficient (Wildman–Crippen LogP) is 2.15. The molecule has 0 aliphatic rings. The van der Waals surface area contributed by atoms with Gasteiger partial charge >= 0.3 is 0 Å². The molecule has 0 aromatic heterocycles. The quantitative estimate of drug-likeness (QED) is 0.375. The second-order valence-corrected chi connectivity index (χ2v) is 6.96. The summed E-state index contributed by atoms with van der Waals surface area (Å²) in [6.07, 6.45) is 6.17. The molecule has 142 valence electrons. The van der Waals surface area contributed by atoms with Crippen molar-refractivity contribution in [2.24, 2.45) is 11.8 Å². The van der Waals surface area contributed by atoms with Gasteiger partial charge in [0.15, 0.2) is 0 Å². The number of likely N-dealkylation sites (N-methyl/N-ethyl adjacent to an activating group) is 1. The van der Waals surface area contributed by atoms with Gasteiger partial charge in [-0.3, -0.25) is 9.59 Å². The minimum atomic E-state index is -0.123. The lowest BCUT2D eigenvalue weighted by atomic mass is 9.85. The van der Waals surface area contributed by atoms with E-state index in [-0.39, 0.29) is 29.4 Å². The maximum absolute atomic E-state index is 12.6. The van der Waals surface area contributed by atoms with Crippen LogP contribution in [-0.2, 0) is 9.59 Å². The average molecular weight is 342 g/mol. The van der Waals surface area contributed by atoms with Crippen LogP contribution in [-0.4, -0.2) is 51.8 Å². The Kier molecular flexibility index (Phi) is 14.1. The molecule has 0 heterocycles. The van der Waals surface area contributed by atoms with Crippen LogP contribution in [0.5, 0.6) is 0 Å². The maximum atomic E-state index is 12.6. The third kappa shape index (κ3) is 10.2. The Hall–Kier alpha value is -0.780. The third-order valence-electron chi connectivity index (χ3n) is 4.56. The number of carbonyl (C=O) groups excluding carboxylic acids is 2. The van der Waals surface area contributed by atoms with Crippen molar-refractivity contribution in [2.75, 3.05) is 34.2 Å². The van der Waals surface area contributed by atoms with Crippen LogP contribution < -0.4 is 16.0 Å². The molecule has 2 atom stereocenters. The molecule has 0 aliphatic heterocycles. The van der Waals surface area contributed by atoms with E-state index in [9.17, 15) is 9.59 Å². The predicted molar refractivity (Wildman–Crippen MR) is 101 cm³/mol. The second-order valence-electron chi connectivity index (χ2n) is 6.96. The molecule has 0 amide bonds. The van der Waals surface area contributed by atoms with E-state index >= 15 is 0 Å². The first kappa shape index (κ1) is 23.2. The zero-order valence-corrected chi connectivity index (χ0v) is 16.4. The Balaban J connectivity index is 4.54. The first-order valence-electron chi connectivity index (χ1n) is 9.50. The minimum Gasteiger partial charge on any atom is -0.320 e. The van der Waals surface area contributed by atoms with Crippen LogP contribution in [0.2, 0.25) is 0 Å². The van der Waals surface area contributed by atoms with Gasteiger partial charge in [0.05, 0.1) is 6.04 Å². The van der Waals surface area contributed by atoms with E-state index in [0.29, 0.717) is 6.42 Å². The number of unbranched alkanes of at least 4 members (excludes halogenated alkanes) is 2. The van der Waals surface area contributed by atoms with Crippen molar-refractivity contribution in [3.63, 3.8) is 0 Å². The first-order valence-corrected chi connectivity index (χ1v) is 9.50. The summed E-state index contributed by atoms with van der Waals surface area (Å²) >= 11 is 0. The summed E-state index contributed by atoms with van der Waals surface area (Å²) in [6, 6.07) is -0.123. The van der Waals surface area contributed by atoms with Crippen LogP contribution in [0.1, 0.15) is 58.8 Å². The standard InChI is InChI=1S/C19H39N3O2/c1-15(2)19(24)16(10-6-8-12-20-3)14-18(23)17(22-5)11-7-9-13-21-4/h15-17,20-22H,6-14H2,1-5H3/t16?,17-/m0/s1. The molecule has 0 saturated heterocycles. The van der Waals surface area contributed by atoms with Gasteiger partial charge in [-0.2, -0.15) is 0 Å². The highest BCUT2D eigenvalue weighted by Crippen LogP contribution is 2.20. The number of Topliss-reactive ketones (excluding diaryl/α,β-unsaturated/α-hetero) is 2. The van der Waals surface area contributed by atoms with Crippen molar-refractivity contribution in [3.8, 4) is 0 Å². The molecule has 0 rings (SSSR count). The monoisotopic (exact) mass is 341 g/mol. The zero-order chi connectivity index (χ0) is 18.4. The molecular weight excluding hydrogens is 302 g/mol. The molecule has 0 fully saturated rings. The molecule has 0 aromatic rings. The number of ketones is 2. The van der Waals surface area contributed by atoms with Gasteiger partial charge in [0.1, 0.15) is 11.6 Å². The molecule has 0 aliphatic carbocycles. The van der Waals surface area contributed by atoms with E-state index in [4.69, 9.17) is 0 Å². The lowest BCUT2D eigenvalue weighted by Gasteiger charge is -2.21. The zero-order valence-electron chi connectivity index (χ0n) is 16.4. The summed E-state index contributed by atoms with van der Waals surface area (Å²) in [5, 5.41) is 9.39. The first-order chi connectivity index (χ1) is 11.5. The topological polar surface area (TPSA) is 70.2 Å². The third-order valence-corrected chi connectivity index (χ3v) is 4.56. The Morgan fingerprint density at radius 2 is 1.38 bits per heavy atom. The van der Waals surface area contributed by atoms with Gasteiger partial charge < -0.3 is 16.0 Å². The second kappa shape index (κ2) is 14.6. The largest absolute Gasteiger partial charge is 0.320 e. The molecule has 1 unspecified atom stereocenters. The fraction of sp³-hybridized carbons (Fsp3) is 0.895. The molecule has 0 radical (unpaired) electrons. The SMILES string of the molecule is CNCCCCC(CC(=O)[C@H](CCCCNC)NC)C(=O)C(C)C. The van der Waals surface area contributed by atoms with Gasteiger partial charge in [-0.25, -0.2) is 0 Å². The highest BCUT2D eigenvalue weighted by Gasteiger charge is 2.26. The lowest BCUT2D eigenvalue weighted by Crippen LogP contribution is -2.36. The fourth-order valence-electron chi connectivity index (χ4n) is 3.01. The summed E-state index contributed by atoms with van der Waals surface area (Å²) in [5.41, 5.74) is 0. The van der Waals surface area contributed by atoms with E-state index in [0.717, 1.165) is 51.6 Å². The van der Waals surface area contributed by atoms with Crippen LogP contribution >= 0.6 is 0 Å². The maximum Gasteiger partial charge on any atom is 0.150 e. The molecule has 0 bridgehead atoms. The summed E-state index contributed by atoms with van der Waals surface area (Å²) in [4.78, 5) is 25.1. The van der Waals surface area contributed by atoms with Gasteiger partial charge in [0, 0.05) is 18.3 Å². The molecule has 0 spiro atoms. The van der Waals surface area contributed by atoms with E-state index in [1.807, 2.05) is 35.0 Å². The van der Waals surface area contributed by atoms with Crippen LogP contribution in [0.4, 0.5) is 0 Å². The average Bonchev–Trinajstić information content (AvgIpc) is 2.56. The molecule has 3 N–H and O–H groups in total. The van der Waals surface area contributed by atoms with Crippen molar-refractivity contribution in [3.05, 3.63) is 0 Å².